The number of hydrogen-bond acceptors (Lipinski definition) is 4. The van der Waals surface area contributed by atoms with Crippen LogP contribution in [0, 0.1) is 0 Å². The van der Waals surface area contributed by atoms with Crippen LogP contribution in [-0.4, -0.2) is 59.7 Å². The first-order valence-corrected chi connectivity index (χ1v) is 10.1. The zero-order valence-electron chi connectivity index (χ0n) is 17.7. The summed E-state index contributed by atoms with van der Waals surface area (Å²) in [6, 6.07) is 13.7. The van der Waals surface area contributed by atoms with Crippen LogP contribution in [-0.2, 0) is 9.59 Å². The number of amides is 4. The lowest BCUT2D eigenvalue weighted by Crippen LogP contribution is -2.63. The first kappa shape index (κ1) is 20.6. The van der Waals surface area contributed by atoms with E-state index in [-0.39, 0.29) is 24.3 Å². The van der Waals surface area contributed by atoms with E-state index in [1.165, 1.54) is 9.80 Å². The summed E-state index contributed by atoms with van der Waals surface area (Å²) in [4.78, 5) is 55.8. The molecule has 4 rings (SSSR count). The molecule has 1 atom stereocenters. The second-order valence-electron chi connectivity index (χ2n) is 8.15. The van der Waals surface area contributed by atoms with Crippen LogP contribution >= 0.6 is 0 Å². The summed E-state index contributed by atoms with van der Waals surface area (Å²) < 4.78 is 0. The monoisotopic (exact) mass is 420 g/mol. The van der Waals surface area contributed by atoms with Crippen molar-refractivity contribution in [3.8, 4) is 0 Å². The van der Waals surface area contributed by atoms with E-state index < -0.39 is 11.6 Å². The molecule has 2 heterocycles. The topological polar surface area (TPSA) is 90.0 Å². The van der Waals surface area contributed by atoms with Crippen molar-refractivity contribution in [2.24, 2.45) is 0 Å². The molecule has 1 unspecified atom stereocenters. The average Bonchev–Trinajstić information content (AvgIpc) is 3.06. The van der Waals surface area contributed by atoms with Crippen molar-refractivity contribution < 1.29 is 19.2 Å². The molecular weight excluding hydrogens is 396 g/mol. The molecule has 0 bridgehead atoms. The fourth-order valence-corrected chi connectivity index (χ4v) is 4.29. The maximum Gasteiger partial charge on any atom is 0.258 e. The third kappa shape index (κ3) is 3.34. The van der Waals surface area contributed by atoms with Crippen LogP contribution in [0.15, 0.2) is 48.5 Å². The normalized spacial score (nSPS) is 19.7. The van der Waals surface area contributed by atoms with E-state index >= 15 is 0 Å². The highest BCUT2D eigenvalue weighted by Gasteiger charge is 2.53. The molecule has 31 heavy (non-hydrogen) atoms. The van der Waals surface area contributed by atoms with Crippen molar-refractivity contribution in [3.05, 3.63) is 59.7 Å². The van der Waals surface area contributed by atoms with E-state index in [4.69, 9.17) is 0 Å². The van der Waals surface area contributed by atoms with E-state index in [9.17, 15) is 19.2 Å². The molecule has 0 aromatic heterocycles. The maximum absolute atomic E-state index is 13.3. The van der Waals surface area contributed by atoms with Crippen LogP contribution in [0.3, 0.4) is 0 Å². The number of nitrogens with one attached hydrogen (secondary N) is 1. The van der Waals surface area contributed by atoms with Gasteiger partial charge in [-0.05, 0) is 37.6 Å². The second-order valence-corrected chi connectivity index (χ2v) is 8.15. The third-order valence-electron chi connectivity index (χ3n) is 5.89. The molecule has 0 radical (unpaired) electrons. The molecule has 2 aliphatic rings. The van der Waals surface area contributed by atoms with E-state index in [0.29, 0.717) is 35.3 Å². The van der Waals surface area contributed by atoms with Crippen LogP contribution in [0.4, 0.5) is 11.4 Å². The van der Waals surface area contributed by atoms with Gasteiger partial charge in [-0.1, -0.05) is 24.3 Å². The van der Waals surface area contributed by atoms with Crippen molar-refractivity contribution in [2.75, 3.05) is 30.9 Å². The molecule has 2 aromatic rings. The minimum atomic E-state index is -0.918. The van der Waals surface area contributed by atoms with Crippen molar-refractivity contribution in [1.29, 1.82) is 0 Å². The highest BCUT2D eigenvalue weighted by atomic mass is 16.2. The van der Waals surface area contributed by atoms with E-state index in [2.05, 4.69) is 5.32 Å². The summed E-state index contributed by atoms with van der Waals surface area (Å²) in [6.45, 7) is 1.57. The van der Waals surface area contributed by atoms with Gasteiger partial charge in [0, 0.05) is 20.5 Å². The molecule has 4 amide bonds. The SMILES string of the molecule is CN(C)C(=O)c1ccccc1NC(=O)CN1C(=O)c2ccccc2N2C(=O)CCC12C. The second kappa shape index (κ2) is 7.54. The van der Waals surface area contributed by atoms with Crippen LogP contribution in [0.25, 0.3) is 0 Å². The zero-order chi connectivity index (χ0) is 22.3. The molecule has 160 valence electrons. The highest BCUT2D eigenvalue weighted by molar-refractivity contribution is 6.12. The summed E-state index contributed by atoms with van der Waals surface area (Å²) in [5.41, 5.74) is 0.793. The number of benzene rings is 2. The van der Waals surface area contributed by atoms with E-state index in [1.54, 1.807) is 67.5 Å². The van der Waals surface area contributed by atoms with Crippen LogP contribution in [0.2, 0.25) is 0 Å². The minimum Gasteiger partial charge on any atom is -0.345 e. The van der Waals surface area contributed by atoms with Gasteiger partial charge in [0.1, 0.15) is 12.2 Å². The van der Waals surface area contributed by atoms with Crippen LogP contribution < -0.4 is 10.2 Å². The molecule has 8 nitrogen and oxygen atoms in total. The Labute approximate surface area is 180 Å². The molecule has 0 saturated carbocycles. The highest BCUT2D eigenvalue weighted by Crippen LogP contribution is 2.43. The maximum atomic E-state index is 13.3. The quantitative estimate of drug-likeness (QED) is 0.822. The van der Waals surface area contributed by atoms with Crippen LogP contribution in [0.5, 0.6) is 0 Å². The molecular formula is C23H24N4O4. The first-order valence-electron chi connectivity index (χ1n) is 10.1. The first-order chi connectivity index (χ1) is 14.7. The fraction of sp³-hybridized carbons (Fsp3) is 0.304. The molecule has 8 heteroatoms. The molecule has 1 saturated heterocycles. The van der Waals surface area contributed by atoms with Crippen molar-refractivity contribution in [2.45, 2.75) is 25.4 Å². The van der Waals surface area contributed by atoms with Gasteiger partial charge in [0.2, 0.25) is 11.8 Å². The van der Waals surface area contributed by atoms with Gasteiger partial charge in [0.05, 0.1) is 22.5 Å². The lowest BCUT2D eigenvalue weighted by molar-refractivity contribution is -0.120. The number of anilines is 2. The van der Waals surface area contributed by atoms with Crippen molar-refractivity contribution in [3.63, 3.8) is 0 Å². The molecule has 0 spiro atoms. The zero-order valence-corrected chi connectivity index (χ0v) is 17.7. The largest absolute Gasteiger partial charge is 0.345 e. The minimum absolute atomic E-state index is 0.0743. The Bertz CT molecular complexity index is 1100. The third-order valence-corrected chi connectivity index (χ3v) is 5.89. The van der Waals surface area contributed by atoms with Crippen molar-refractivity contribution in [1.82, 2.24) is 9.80 Å². The summed E-state index contributed by atoms with van der Waals surface area (Å²) >= 11 is 0. The smallest absolute Gasteiger partial charge is 0.258 e. The number of para-hydroxylation sites is 2. The molecule has 1 N–H and O–H groups in total. The standard InChI is InChI=1S/C23H24N4O4/c1-23-13-12-20(29)27(23)18-11-7-5-9-16(18)22(31)26(23)14-19(28)24-17-10-6-4-8-15(17)21(30)25(2)3/h4-11H,12-14H2,1-3H3,(H,24,28). The van der Waals surface area contributed by atoms with Gasteiger partial charge in [-0.2, -0.15) is 0 Å². The van der Waals surface area contributed by atoms with Gasteiger partial charge in [0.25, 0.3) is 11.8 Å². The van der Waals surface area contributed by atoms with Crippen molar-refractivity contribution >= 4 is 35.0 Å². The lowest BCUT2D eigenvalue weighted by Gasteiger charge is -2.48. The van der Waals surface area contributed by atoms with Gasteiger partial charge >= 0.3 is 0 Å². The van der Waals surface area contributed by atoms with E-state index in [1.807, 2.05) is 6.92 Å². The van der Waals surface area contributed by atoms with Gasteiger partial charge in [-0.3, -0.25) is 24.1 Å². The summed E-state index contributed by atoms with van der Waals surface area (Å²) in [7, 11) is 3.27. The number of carbonyl (C=O) groups is 4. The number of fused-ring (bicyclic) bond motifs is 3. The van der Waals surface area contributed by atoms with Crippen LogP contribution in [0.1, 0.15) is 40.5 Å². The predicted octanol–water partition coefficient (Wildman–Crippen LogP) is 2.33. The van der Waals surface area contributed by atoms with Gasteiger partial charge in [-0.25, -0.2) is 0 Å². The summed E-state index contributed by atoms with van der Waals surface area (Å²) in [6.07, 6.45) is 0.741. The molecule has 2 aromatic carbocycles. The Morgan fingerprint density at radius 1 is 1.06 bits per heavy atom. The Kier molecular flexibility index (Phi) is 5.00. The Balaban J connectivity index is 1.63. The number of carbonyl (C=O) groups excluding carboxylic acids is 4. The van der Waals surface area contributed by atoms with Gasteiger partial charge < -0.3 is 15.1 Å². The Hall–Kier alpha value is -3.68. The number of hydrogen-bond donors (Lipinski definition) is 1. The van der Waals surface area contributed by atoms with Gasteiger partial charge in [-0.15, -0.1) is 0 Å². The number of rotatable bonds is 4. The predicted molar refractivity (Wildman–Crippen MR) is 116 cm³/mol. The average molecular weight is 420 g/mol. The molecule has 2 aliphatic heterocycles. The van der Waals surface area contributed by atoms with Gasteiger partial charge in [0.15, 0.2) is 0 Å². The Morgan fingerprint density at radius 3 is 2.48 bits per heavy atom. The fourth-order valence-electron chi connectivity index (χ4n) is 4.29. The number of nitrogens with zero attached hydrogens (tertiary/aromatic N) is 3. The summed E-state index contributed by atoms with van der Waals surface area (Å²) in [5, 5.41) is 2.76. The molecule has 1 fully saturated rings. The lowest BCUT2D eigenvalue weighted by atomic mass is 9.98. The molecule has 0 aliphatic carbocycles. The summed E-state index contributed by atoms with van der Waals surface area (Å²) in [5.74, 6) is -1.04. The Morgan fingerprint density at radius 2 is 1.74 bits per heavy atom. The van der Waals surface area contributed by atoms with E-state index in [0.717, 1.165) is 0 Å².